The zero-order valence-electron chi connectivity index (χ0n) is 13.3. The molecular formula is C17H23N3O2. The fraction of sp³-hybridized carbons (Fsp3) is 0.412. The van der Waals surface area contributed by atoms with Gasteiger partial charge in [0.15, 0.2) is 0 Å². The van der Waals surface area contributed by atoms with Crippen molar-refractivity contribution in [2.24, 2.45) is 0 Å². The van der Waals surface area contributed by atoms with Crippen LogP contribution in [0.3, 0.4) is 0 Å². The minimum Gasteiger partial charge on any atom is -0.497 e. The number of amides is 1. The van der Waals surface area contributed by atoms with E-state index in [-0.39, 0.29) is 17.5 Å². The zero-order valence-corrected chi connectivity index (χ0v) is 13.3. The third-order valence-corrected chi connectivity index (χ3v) is 3.29. The molecule has 0 bridgehead atoms. The van der Waals surface area contributed by atoms with Crippen molar-refractivity contribution in [2.75, 3.05) is 13.7 Å². The van der Waals surface area contributed by atoms with Gasteiger partial charge in [-0.1, -0.05) is 19.1 Å². The van der Waals surface area contributed by atoms with E-state index in [0.717, 1.165) is 24.2 Å². The Morgan fingerprint density at radius 3 is 2.91 bits per heavy atom. The molecule has 0 radical (unpaired) electrons. The largest absolute Gasteiger partial charge is 0.497 e. The van der Waals surface area contributed by atoms with Gasteiger partial charge in [-0.2, -0.15) is 5.26 Å². The van der Waals surface area contributed by atoms with Crippen LogP contribution in [-0.2, 0) is 11.2 Å². The van der Waals surface area contributed by atoms with Crippen LogP contribution in [0.2, 0.25) is 0 Å². The predicted molar refractivity (Wildman–Crippen MR) is 86.3 cm³/mol. The van der Waals surface area contributed by atoms with Gasteiger partial charge in [-0.05, 0) is 37.5 Å². The summed E-state index contributed by atoms with van der Waals surface area (Å²) in [5.41, 5.74) is 1.22. The molecule has 1 amide bonds. The second kappa shape index (κ2) is 9.46. The van der Waals surface area contributed by atoms with Crippen LogP contribution >= 0.6 is 0 Å². The molecule has 0 aliphatic rings. The zero-order chi connectivity index (χ0) is 16.4. The second-order valence-corrected chi connectivity index (χ2v) is 5.01. The first-order chi connectivity index (χ1) is 10.6. The summed E-state index contributed by atoms with van der Waals surface area (Å²) in [6.07, 6.45) is 3.07. The number of hydrogen-bond acceptors (Lipinski definition) is 4. The molecule has 0 saturated carbocycles. The number of nitriles is 1. The quantitative estimate of drug-likeness (QED) is 0.438. The molecule has 1 unspecified atom stereocenters. The number of carbonyl (C=O) groups is 1. The fourth-order valence-corrected chi connectivity index (χ4v) is 1.77. The van der Waals surface area contributed by atoms with Crippen LogP contribution in [-0.4, -0.2) is 25.6 Å². The molecule has 118 valence electrons. The third kappa shape index (κ3) is 5.88. The molecule has 0 aliphatic carbocycles. The summed E-state index contributed by atoms with van der Waals surface area (Å²) in [5.74, 6) is 0.476. The molecule has 5 nitrogen and oxygen atoms in total. The number of hydrogen-bond donors (Lipinski definition) is 2. The number of rotatable bonds is 8. The van der Waals surface area contributed by atoms with Crippen LogP contribution in [0.4, 0.5) is 0 Å². The minimum absolute atomic E-state index is 0.0565. The van der Waals surface area contributed by atoms with Crippen molar-refractivity contribution in [1.29, 1.82) is 5.26 Å². The topological polar surface area (TPSA) is 74.2 Å². The normalized spacial score (nSPS) is 12.2. The molecule has 2 N–H and O–H groups in total. The molecule has 0 fully saturated rings. The fourth-order valence-electron chi connectivity index (χ4n) is 1.77. The van der Waals surface area contributed by atoms with Crippen LogP contribution < -0.4 is 15.4 Å². The lowest BCUT2D eigenvalue weighted by Crippen LogP contribution is -2.33. The van der Waals surface area contributed by atoms with Crippen molar-refractivity contribution in [3.63, 3.8) is 0 Å². The van der Waals surface area contributed by atoms with Crippen molar-refractivity contribution in [1.82, 2.24) is 10.6 Å². The maximum Gasteiger partial charge on any atom is 0.263 e. The molecule has 1 aromatic rings. The van der Waals surface area contributed by atoms with E-state index in [1.807, 2.05) is 44.2 Å². The van der Waals surface area contributed by atoms with Crippen molar-refractivity contribution in [3.05, 3.63) is 41.6 Å². The van der Waals surface area contributed by atoms with Crippen molar-refractivity contribution < 1.29 is 9.53 Å². The first-order valence-electron chi connectivity index (χ1n) is 7.38. The lowest BCUT2D eigenvalue weighted by Gasteiger charge is -2.10. The standard InChI is InChI=1S/C17H23N3O2/c1-4-13(2)20-17(21)15(11-18)12-19-9-8-14-6-5-7-16(10-14)22-3/h5-7,10,12-13,19H,4,8-9H2,1-3H3,(H,20,21)/b15-12-. The van der Waals surface area contributed by atoms with Crippen molar-refractivity contribution in [3.8, 4) is 11.8 Å². The highest BCUT2D eigenvalue weighted by Gasteiger charge is 2.10. The highest BCUT2D eigenvalue weighted by Crippen LogP contribution is 2.12. The molecule has 22 heavy (non-hydrogen) atoms. The Kier molecular flexibility index (Phi) is 7.55. The molecule has 1 atom stereocenters. The first kappa shape index (κ1) is 17.6. The molecule has 0 spiro atoms. The molecule has 0 saturated heterocycles. The van der Waals surface area contributed by atoms with Gasteiger partial charge in [-0.15, -0.1) is 0 Å². The van der Waals surface area contributed by atoms with Gasteiger partial charge < -0.3 is 15.4 Å². The highest BCUT2D eigenvalue weighted by molar-refractivity contribution is 5.97. The number of methoxy groups -OCH3 is 1. The summed E-state index contributed by atoms with van der Waals surface area (Å²) in [7, 11) is 1.63. The Bertz CT molecular complexity index is 561. The van der Waals surface area contributed by atoms with E-state index in [0.29, 0.717) is 6.54 Å². The maximum absolute atomic E-state index is 11.8. The van der Waals surface area contributed by atoms with E-state index in [9.17, 15) is 4.79 Å². The van der Waals surface area contributed by atoms with E-state index in [2.05, 4.69) is 10.6 Å². The van der Waals surface area contributed by atoms with Gasteiger partial charge in [-0.25, -0.2) is 0 Å². The van der Waals surface area contributed by atoms with Gasteiger partial charge in [0.1, 0.15) is 17.4 Å². The van der Waals surface area contributed by atoms with E-state index in [4.69, 9.17) is 10.00 Å². The Balaban J connectivity index is 2.48. The van der Waals surface area contributed by atoms with Gasteiger partial charge in [0, 0.05) is 18.8 Å². The average molecular weight is 301 g/mol. The molecule has 5 heteroatoms. The summed E-state index contributed by atoms with van der Waals surface area (Å²) < 4.78 is 5.17. The number of ether oxygens (including phenoxy) is 1. The Morgan fingerprint density at radius 1 is 1.50 bits per heavy atom. The monoisotopic (exact) mass is 301 g/mol. The molecule has 0 heterocycles. The van der Waals surface area contributed by atoms with Gasteiger partial charge >= 0.3 is 0 Å². The first-order valence-corrected chi connectivity index (χ1v) is 7.38. The number of nitrogens with zero attached hydrogens (tertiary/aromatic N) is 1. The Hall–Kier alpha value is -2.48. The summed E-state index contributed by atoms with van der Waals surface area (Å²) in [4.78, 5) is 11.8. The van der Waals surface area contributed by atoms with Crippen molar-refractivity contribution >= 4 is 5.91 Å². The highest BCUT2D eigenvalue weighted by atomic mass is 16.5. The number of nitrogens with one attached hydrogen (secondary N) is 2. The SMILES string of the molecule is CCC(C)NC(=O)/C(C#N)=C\NCCc1cccc(OC)c1. The summed E-state index contributed by atoms with van der Waals surface area (Å²) in [6.45, 7) is 4.52. The maximum atomic E-state index is 11.8. The van der Waals surface area contributed by atoms with Crippen molar-refractivity contribution in [2.45, 2.75) is 32.7 Å². The van der Waals surface area contributed by atoms with Gasteiger partial charge in [-0.3, -0.25) is 4.79 Å². The lowest BCUT2D eigenvalue weighted by molar-refractivity contribution is -0.117. The van der Waals surface area contributed by atoms with Crippen LogP contribution in [0.1, 0.15) is 25.8 Å². The second-order valence-electron chi connectivity index (χ2n) is 5.01. The van der Waals surface area contributed by atoms with E-state index in [1.54, 1.807) is 7.11 Å². The Labute approximate surface area is 132 Å². The van der Waals surface area contributed by atoms with E-state index in [1.165, 1.54) is 6.20 Å². The predicted octanol–water partition coefficient (Wildman–Crippen LogP) is 2.15. The minimum atomic E-state index is -0.342. The van der Waals surface area contributed by atoms with Crippen LogP contribution in [0.25, 0.3) is 0 Å². The van der Waals surface area contributed by atoms with Gasteiger partial charge in [0.2, 0.25) is 0 Å². The molecule has 1 aromatic carbocycles. The van der Waals surface area contributed by atoms with Gasteiger partial charge in [0.25, 0.3) is 5.91 Å². The summed E-state index contributed by atoms with van der Waals surface area (Å²) in [6, 6.07) is 9.77. The number of carbonyl (C=O) groups excluding carboxylic acids is 1. The smallest absolute Gasteiger partial charge is 0.263 e. The molecular weight excluding hydrogens is 278 g/mol. The van der Waals surface area contributed by atoms with E-state index >= 15 is 0 Å². The third-order valence-electron chi connectivity index (χ3n) is 3.29. The number of benzene rings is 1. The molecule has 0 aromatic heterocycles. The van der Waals surface area contributed by atoms with Gasteiger partial charge in [0.05, 0.1) is 7.11 Å². The van der Waals surface area contributed by atoms with E-state index < -0.39 is 0 Å². The summed E-state index contributed by atoms with van der Waals surface area (Å²) in [5, 5.41) is 14.8. The summed E-state index contributed by atoms with van der Waals surface area (Å²) >= 11 is 0. The average Bonchev–Trinajstić information content (AvgIpc) is 2.54. The van der Waals surface area contributed by atoms with Crippen LogP contribution in [0.15, 0.2) is 36.0 Å². The molecule has 1 rings (SSSR count). The Morgan fingerprint density at radius 2 is 2.27 bits per heavy atom. The van der Waals surface area contributed by atoms with Crippen LogP contribution in [0.5, 0.6) is 5.75 Å². The molecule has 0 aliphatic heterocycles. The lowest BCUT2D eigenvalue weighted by atomic mass is 10.1. The van der Waals surface area contributed by atoms with Crippen LogP contribution in [0, 0.1) is 11.3 Å².